The molecular formula is C15H13FN2. The zero-order valence-electron chi connectivity index (χ0n) is 10.3. The molecule has 2 nitrogen and oxygen atoms in total. The van der Waals surface area contributed by atoms with Gasteiger partial charge >= 0.3 is 0 Å². The summed E-state index contributed by atoms with van der Waals surface area (Å²) in [4.78, 5) is 0. The van der Waals surface area contributed by atoms with Crippen LogP contribution in [0.25, 0.3) is 0 Å². The van der Waals surface area contributed by atoms with E-state index in [0.29, 0.717) is 16.8 Å². The molecule has 0 atom stereocenters. The van der Waals surface area contributed by atoms with Crippen molar-refractivity contribution in [3.8, 4) is 6.07 Å². The monoisotopic (exact) mass is 240 g/mol. The summed E-state index contributed by atoms with van der Waals surface area (Å²) in [7, 11) is 0. The lowest BCUT2D eigenvalue weighted by atomic mass is 10.1. The van der Waals surface area contributed by atoms with Crippen LogP contribution >= 0.6 is 0 Å². The lowest BCUT2D eigenvalue weighted by molar-refractivity contribution is 0.619. The Morgan fingerprint density at radius 3 is 2.56 bits per heavy atom. The van der Waals surface area contributed by atoms with Crippen molar-refractivity contribution in [1.82, 2.24) is 0 Å². The first kappa shape index (κ1) is 12.1. The Bertz CT molecular complexity index is 627. The third-order valence-corrected chi connectivity index (χ3v) is 2.83. The quantitative estimate of drug-likeness (QED) is 0.859. The number of hydrogen-bond acceptors (Lipinski definition) is 2. The van der Waals surface area contributed by atoms with E-state index < -0.39 is 0 Å². The molecule has 1 N–H and O–H groups in total. The van der Waals surface area contributed by atoms with E-state index in [9.17, 15) is 4.39 Å². The van der Waals surface area contributed by atoms with Crippen LogP contribution in [0.5, 0.6) is 0 Å². The topological polar surface area (TPSA) is 35.8 Å². The van der Waals surface area contributed by atoms with Crippen molar-refractivity contribution < 1.29 is 4.39 Å². The van der Waals surface area contributed by atoms with E-state index >= 15 is 0 Å². The van der Waals surface area contributed by atoms with Crippen LogP contribution < -0.4 is 5.32 Å². The van der Waals surface area contributed by atoms with Crippen molar-refractivity contribution in [3.63, 3.8) is 0 Å². The minimum absolute atomic E-state index is 0.257. The minimum atomic E-state index is -0.257. The SMILES string of the molecule is Cc1ccc(Nc2c(C)cccc2C#N)cc1F. The number of halogens is 1. The van der Waals surface area contributed by atoms with Gasteiger partial charge in [0, 0.05) is 5.69 Å². The number of anilines is 2. The molecule has 0 unspecified atom stereocenters. The summed E-state index contributed by atoms with van der Waals surface area (Å²) >= 11 is 0. The van der Waals surface area contributed by atoms with E-state index in [1.54, 1.807) is 25.1 Å². The summed E-state index contributed by atoms with van der Waals surface area (Å²) in [5.74, 6) is -0.257. The molecule has 18 heavy (non-hydrogen) atoms. The molecule has 0 heterocycles. The van der Waals surface area contributed by atoms with Gasteiger partial charge < -0.3 is 5.32 Å². The Morgan fingerprint density at radius 2 is 1.89 bits per heavy atom. The molecule has 2 aromatic carbocycles. The van der Waals surface area contributed by atoms with Gasteiger partial charge in [-0.1, -0.05) is 18.2 Å². The van der Waals surface area contributed by atoms with Gasteiger partial charge in [-0.2, -0.15) is 5.26 Å². The Hall–Kier alpha value is -2.34. The summed E-state index contributed by atoms with van der Waals surface area (Å²) in [5.41, 5.74) is 3.48. The average molecular weight is 240 g/mol. The summed E-state index contributed by atoms with van der Waals surface area (Å²) in [5, 5.41) is 12.2. The number of hydrogen-bond donors (Lipinski definition) is 1. The fourth-order valence-electron chi connectivity index (χ4n) is 1.74. The zero-order valence-corrected chi connectivity index (χ0v) is 10.3. The molecule has 0 spiro atoms. The lowest BCUT2D eigenvalue weighted by Crippen LogP contribution is -1.97. The predicted octanol–water partition coefficient (Wildman–Crippen LogP) is 4.06. The molecule has 0 aliphatic rings. The smallest absolute Gasteiger partial charge is 0.128 e. The number of aryl methyl sites for hydroxylation is 2. The Labute approximate surface area is 106 Å². The van der Waals surface area contributed by atoms with E-state index in [-0.39, 0.29) is 5.82 Å². The fraction of sp³-hybridized carbons (Fsp3) is 0.133. The lowest BCUT2D eigenvalue weighted by Gasteiger charge is -2.11. The number of nitriles is 1. The highest BCUT2D eigenvalue weighted by Gasteiger charge is 2.06. The molecule has 0 radical (unpaired) electrons. The molecule has 0 aliphatic carbocycles. The Morgan fingerprint density at radius 1 is 1.11 bits per heavy atom. The standard InChI is InChI=1S/C15H13FN2/c1-10-6-7-13(8-14(10)16)18-15-11(2)4-3-5-12(15)9-17/h3-8,18H,1-2H3. The van der Waals surface area contributed by atoms with E-state index in [1.165, 1.54) is 6.07 Å². The molecule has 0 bridgehead atoms. The zero-order chi connectivity index (χ0) is 13.1. The van der Waals surface area contributed by atoms with Gasteiger partial charge in [0.1, 0.15) is 11.9 Å². The number of nitrogens with one attached hydrogen (secondary N) is 1. The highest BCUT2D eigenvalue weighted by molar-refractivity contribution is 5.69. The van der Waals surface area contributed by atoms with Crippen molar-refractivity contribution in [3.05, 3.63) is 58.9 Å². The van der Waals surface area contributed by atoms with Gasteiger partial charge in [0.15, 0.2) is 0 Å². The van der Waals surface area contributed by atoms with Gasteiger partial charge in [0.05, 0.1) is 11.3 Å². The molecule has 0 aliphatic heterocycles. The molecular weight excluding hydrogens is 227 g/mol. The largest absolute Gasteiger partial charge is 0.354 e. The molecule has 2 rings (SSSR count). The summed E-state index contributed by atoms with van der Waals surface area (Å²) in [6.45, 7) is 3.63. The number of para-hydroxylation sites is 1. The third kappa shape index (κ3) is 2.33. The summed E-state index contributed by atoms with van der Waals surface area (Å²) in [6.07, 6.45) is 0. The van der Waals surface area contributed by atoms with Crippen LogP contribution in [0.1, 0.15) is 16.7 Å². The van der Waals surface area contributed by atoms with Crippen molar-refractivity contribution in [2.45, 2.75) is 13.8 Å². The van der Waals surface area contributed by atoms with Crippen LogP contribution in [0, 0.1) is 31.0 Å². The second kappa shape index (κ2) is 4.89. The molecule has 90 valence electrons. The van der Waals surface area contributed by atoms with E-state index in [0.717, 1.165) is 11.3 Å². The fourth-order valence-corrected chi connectivity index (χ4v) is 1.74. The minimum Gasteiger partial charge on any atom is -0.354 e. The van der Waals surface area contributed by atoms with Crippen molar-refractivity contribution in [1.29, 1.82) is 5.26 Å². The van der Waals surface area contributed by atoms with Gasteiger partial charge in [0.2, 0.25) is 0 Å². The molecule has 0 aromatic heterocycles. The maximum atomic E-state index is 13.5. The first-order chi connectivity index (χ1) is 8.61. The van der Waals surface area contributed by atoms with Crippen LogP contribution in [0.4, 0.5) is 15.8 Å². The van der Waals surface area contributed by atoms with Gasteiger partial charge in [0.25, 0.3) is 0 Å². The maximum absolute atomic E-state index is 13.5. The van der Waals surface area contributed by atoms with Crippen LogP contribution in [-0.2, 0) is 0 Å². The highest BCUT2D eigenvalue weighted by Crippen LogP contribution is 2.25. The van der Waals surface area contributed by atoms with Crippen LogP contribution in [0.3, 0.4) is 0 Å². The van der Waals surface area contributed by atoms with Gasteiger partial charge in [-0.15, -0.1) is 0 Å². The molecule has 0 fully saturated rings. The highest BCUT2D eigenvalue weighted by atomic mass is 19.1. The first-order valence-electron chi connectivity index (χ1n) is 5.64. The molecule has 0 amide bonds. The average Bonchev–Trinajstić information content (AvgIpc) is 2.36. The van der Waals surface area contributed by atoms with E-state index in [4.69, 9.17) is 5.26 Å². The Kier molecular flexibility index (Phi) is 3.29. The Balaban J connectivity index is 2.40. The van der Waals surface area contributed by atoms with Crippen LogP contribution in [0.15, 0.2) is 36.4 Å². The summed E-state index contributed by atoms with van der Waals surface area (Å²) in [6, 6.07) is 12.5. The second-order valence-corrected chi connectivity index (χ2v) is 4.20. The number of nitrogens with zero attached hydrogens (tertiary/aromatic N) is 1. The van der Waals surface area contributed by atoms with Crippen molar-refractivity contribution in [2.24, 2.45) is 0 Å². The third-order valence-electron chi connectivity index (χ3n) is 2.83. The molecule has 3 heteroatoms. The second-order valence-electron chi connectivity index (χ2n) is 4.20. The van der Waals surface area contributed by atoms with Crippen LogP contribution in [-0.4, -0.2) is 0 Å². The van der Waals surface area contributed by atoms with E-state index in [1.807, 2.05) is 19.1 Å². The molecule has 0 saturated heterocycles. The maximum Gasteiger partial charge on any atom is 0.128 e. The predicted molar refractivity (Wildman–Crippen MR) is 70.3 cm³/mol. The molecule has 2 aromatic rings. The van der Waals surface area contributed by atoms with E-state index in [2.05, 4.69) is 11.4 Å². The van der Waals surface area contributed by atoms with Crippen molar-refractivity contribution in [2.75, 3.05) is 5.32 Å². The van der Waals surface area contributed by atoms with Gasteiger partial charge in [-0.25, -0.2) is 4.39 Å². The number of benzene rings is 2. The van der Waals surface area contributed by atoms with Crippen molar-refractivity contribution >= 4 is 11.4 Å². The number of rotatable bonds is 2. The van der Waals surface area contributed by atoms with Gasteiger partial charge in [-0.3, -0.25) is 0 Å². The van der Waals surface area contributed by atoms with Gasteiger partial charge in [-0.05, 0) is 43.2 Å². The summed E-state index contributed by atoms with van der Waals surface area (Å²) < 4.78 is 13.5. The molecule has 0 saturated carbocycles. The normalized spacial score (nSPS) is 9.89. The first-order valence-corrected chi connectivity index (χ1v) is 5.64. The van der Waals surface area contributed by atoms with Crippen LogP contribution in [0.2, 0.25) is 0 Å².